The number of hydrogen-bond acceptors (Lipinski definition) is 3. The molecule has 1 unspecified atom stereocenters. The van der Waals surface area contributed by atoms with Gasteiger partial charge in [0.1, 0.15) is 0 Å². The number of nitrogens with one attached hydrogen (secondary N) is 1. The van der Waals surface area contributed by atoms with Gasteiger partial charge in [-0.15, -0.1) is 0 Å². The molecule has 0 radical (unpaired) electrons. The molecule has 2 saturated heterocycles. The van der Waals surface area contributed by atoms with Gasteiger partial charge in [-0.25, -0.2) is 0 Å². The molecule has 3 heteroatoms. The average molecular weight is 268 g/mol. The molecule has 0 aliphatic carbocycles. The lowest BCUT2D eigenvalue weighted by atomic mass is 9.97. The second-order valence-electron chi connectivity index (χ2n) is 7.62. The number of rotatable bonds is 4. The lowest BCUT2D eigenvalue weighted by Gasteiger charge is -2.47. The van der Waals surface area contributed by atoms with Crippen molar-refractivity contribution in [1.82, 2.24) is 10.2 Å². The molecule has 0 aromatic carbocycles. The van der Waals surface area contributed by atoms with Crippen LogP contribution in [-0.4, -0.2) is 48.3 Å². The smallest absolute Gasteiger partial charge is 0.0760 e. The third-order valence-corrected chi connectivity index (χ3v) is 4.20. The molecule has 1 atom stereocenters. The van der Waals surface area contributed by atoms with E-state index in [-0.39, 0.29) is 11.2 Å². The van der Waals surface area contributed by atoms with Crippen molar-refractivity contribution in [2.75, 3.05) is 26.2 Å². The van der Waals surface area contributed by atoms with Crippen LogP contribution in [0.15, 0.2) is 0 Å². The van der Waals surface area contributed by atoms with E-state index in [1.165, 1.54) is 45.2 Å². The molecule has 2 fully saturated rings. The first-order valence-electron chi connectivity index (χ1n) is 8.02. The Morgan fingerprint density at radius 3 is 2.37 bits per heavy atom. The maximum atomic E-state index is 6.13. The Hall–Kier alpha value is -0.120. The van der Waals surface area contributed by atoms with Gasteiger partial charge in [0, 0.05) is 19.1 Å². The van der Waals surface area contributed by atoms with Crippen molar-refractivity contribution in [2.24, 2.45) is 0 Å². The van der Waals surface area contributed by atoms with Gasteiger partial charge in [0.05, 0.1) is 11.2 Å². The Balaban J connectivity index is 1.72. The van der Waals surface area contributed by atoms with Gasteiger partial charge in [0.2, 0.25) is 0 Å². The highest BCUT2D eigenvalue weighted by Crippen LogP contribution is 2.28. The number of hydrogen-bond donors (Lipinski definition) is 1. The lowest BCUT2D eigenvalue weighted by molar-refractivity contribution is -0.180. The van der Waals surface area contributed by atoms with Crippen LogP contribution in [0.25, 0.3) is 0 Å². The predicted molar refractivity (Wildman–Crippen MR) is 80.6 cm³/mol. The maximum absolute atomic E-state index is 6.13. The highest BCUT2D eigenvalue weighted by molar-refractivity contribution is 4.89. The third-order valence-electron chi connectivity index (χ3n) is 4.20. The molecule has 2 rings (SSSR count). The molecule has 19 heavy (non-hydrogen) atoms. The predicted octanol–water partition coefficient (Wildman–Crippen LogP) is 2.80. The molecule has 0 aromatic heterocycles. The van der Waals surface area contributed by atoms with E-state index in [0.717, 1.165) is 19.1 Å². The molecule has 112 valence electrons. The van der Waals surface area contributed by atoms with Crippen LogP contribution in [0.2, 0.25) is 0 Å². The first kappa shape index (κ1) is 15.3. The first-order chi connectivity index (χ1) is 8.86. The molecule has 0 saturated carbocycles. The Labute approximate surface area is 119 Å². The summed E-state index contributed by atoms with van der Waals surface area (Å²) in [6.45, 7) is 13.4. The summed E-state index contributed by atoms with van der Waals surface area (Å²) >= 11 is 0. The van der Waals surface area contributed by atoms with E-state index in [4.69, 9.17) is 4.74 Å². The van der Waals surface area contributed by atoms with Crippen LogP contribution in [0.3, 0.4) is 0 Å². The zero-order chi connectivity index (χ0) is 13.9. The molecule has 3 nitrogen and oxygen atoms in total. The molecule has 0 bridgehead atoms. The first-order valence-corrected chi connectivity index (χ1v) is 8.02. The molecular formula is C16H32N2O. The van der Waals surface area contributed by atoms with Crippen molar-refractivity contribution in [2.45, 2.75) is 77.0 Å². The molecule has 2 heterocycles. The number of ether oxygens (including phenoxy) is 1. The largest absolute Gasteiger partial charge is 0.367 e. The summed E-state index contributed by atoms with van der Waals surface area (Å²) in [7, 11) is 0. The SMILES string of the molecule is CC1(C)CN(CCCC2CCCCN2)CC(C)(C)O1. The Bertz CT molecular complexity index is 266. The van der Waals surface area contributed by atoms with Crippen LogP contribution in [0, 0.1) is 0 Å². The van der Waals surface area contributed by atoms with Crippen molar-refractivity contribution >= 4 is 0 Å². The fourth-order valence-electron chi connectivity index (χ4n) is 3.84. The van der Waals surface area contributed by atoms with Crippen LogP contribution in [0.1, 0.15) is 59.8 Å². The highest BCUT2D eigenvalue weighted by Gasteiger charge is 2.37. The quantitative estimate of drug-likeness (QED) is 0.848. The summed E-state index contributed by atoms with van der Waals surface area (Å²) < 4.78 is 6.13. The van der Waals surface area contributed by atoms with Crippen LogP contribution in [-0.2, 0) is 4.74 Å². The van der Waals surface area contributed by atoms with Gasteiger partial charge in [-0.1, -0.05) is 6.42 Å². The third kappa shape index (κ3) is 5.05. The van der Waals surface area contributed by atoms with E-state index in [0.29, 0.717) is 0 Å². The van der Waals surface area contributed by atoms with E-state index >= 15 is 0 Å². The number of piperidine rings is 1. The normalized spacial score (nSPS) is 31.3. The van der Waals surface area contributed by atoms with Gasteiger partial charge in [0.25, 0.3) is 0 Å². The van der Waals surface area contributed by atoms with Crippen LogP contribution >= 0.6 is 0 Å². The van der Waals surface area contributed by atoms with Crippen LogP contribution in [0.5, 0.6) is 0 Å². The van der Waals surface area contributed by atoms with Gasteiger partial charge in [-0.2, -0.15) is 0 Å². The second-order valence-corrected chi connectivity index (χ2v) is 7.62. The maximum Gasteiger partial charge on any atom is 0.0760 e. The standard InChI is InChI=1S/C16H32N2O/c1-15(2)12-18(13-16(3,4)19-15)11-7-9-14-8-5-6-10-17-14/h14,17H,5-13H2,1-4H3. The topological polar surface area (TPSA) is 24.5 Å². The zero-order valence-corrected chi connectivity index (χ0v) is 13.3. The summed E-state index contributed by atoms with van der Waals surface area (Å²) in [6.07, 6.45) is 6.79. The van der Waals surface area contributed by atoms with E-state index < -0.39 is 0 Å². The van der Waals surface area contributed by atoms with Gasteiger partial charge in [0.15, 0.2) is 0 Å². The van der Waals surface area contributed by atoms with Gasteiger partial charge in [-0.05, 0) is 66.5 Å². The Morgan fingerprint density at radius 1 is 1.11 bits per heavy atom. The second kappa shape index (κ2) is 6.11. The summed E-state index contributed by atoms with van der Waals surface area (Å²) in [5.41, 5.74) is -0.0182. The molecule has 0 spiro atoms. The lowest BCUT2D eigenvalue weighted by Crippen LogP contribution is -2.57. The zero-order valence-electron chi connectivity index (χ0n) is 13.3. The van der Waals surface area contributed by atoms with E-state index in [1.54, 1.807) is 0 Å². The number of nitrogens with zero attached hydrogens (tertiary/aromatic N) is 1. The van der Waals surface area contributed by atoms with Crippen LogP contribution < -0.4 is 5.32 Å². The Kier molecular flexibility index (Phi) is 4.91. The fraction of sp³-hybridized carbons (Fsp3) is 1.00. The van der Waals surface area contributed by atoms with Crippen molar-refractivity contribution in [3.63, 3.8) is 0 Å². The minimum absolute atomic E-state index is 0.00909. The van der Waals surface area contributed by atoms with E-state index in [1.807, 2.05) is 0 Å². The van der Waals surface area contributed by atoms with Crippen LogP contribution in [0.4, 0.5) is 0 Å². The van der Waals surface area contributed by atoms with Gasteiger partial charge >= 0.3 is 0 Å². The van der Waals surface area contributed by atoms with Crippen molar-refractivity contribution in [1.29, 1.82) is 0 Å². The van der Waals surface area contributed by atoms with E-state index in [2.05, 4.69) is 37.9 Å². The monoisotopic (exact) mass is 268 g/mol. The Morgan fingerprint density at radius 2 is 1.79 bits per heavy atom. The molecule has 2 aliphatic rings. The molecule has 1 N–H and O–H groups in total. The summed E-state index contributed by atoms with van der Waals surface area (Å²) in [6, 6.07) is 0.774. The molecule has 0 aromatic rings. The van der Waals surface area contributed by atoms with Crippen molar-refractivity contribution in [3.05, 3.63) is 0 Å². The average Bonchev–Trinajstić information content (AvgIpc) is 2.26. The highest BCUT2D eigenvalue weighted by atomic mass is 16.5. The minimum Gasteiger partial charge on any atom is -0.367 e. The minimum atomic E-state index is -0.00909. The van der Waals surface area contributed by atoms with Gasteiger partial charge < -0.3 is 10.1 Å². The van der Waals surface area contributed by atoms with Gasteiger partial charge in [-0.3, -0.25) is 4.90 Å². The number of morpholine rings is 1. The fourth-order valence-corrected chi connectivity index (χ4v) is 3.84. The van der Waals surface area contributed by atoms with Crippen molar-refractivity contribution in [3.8, 4) is 0 Å². The summed E-state index contributed by atoms with van der Waals surface area (Å²) in [5, 5.41) is 3.65. The molecule has 2 aliphatic heterocycles. The van der Waals surface area contributed by atoms with Crippen molar-refractivity contribution < 1.29 is 4.74 Å². The molecule has 0 amide bonds. The summed E-state index contributed by atoms with van der Waals surface area (Å²) in [5.74, 6) is 0. The molecular weight excluding hydrogens is 236 g/mol. The van der Waals surface area contributed by atoms with E-state index in [9.17, 15) is 0 Å². The summed E-state index contributed by atoms with van der Waals surface area (Å²) in [4.78, 5) is 2.59.